The Morgan fingerprint density at radius 3 is 2.61 bits per heavy atom. The van der Waals surface area contributed by atoms with E-state index in [-0.39, 0.29) is 35.4 Å². The van der Waals surface area contributed by atoms with E-state index in [1.165, 1.54) is 12.5 Å². The van der Waals surface area contributed by atoms with Gasteiger partial charge in [-0.25, -0.2) is 18.2 Å². The monoisotopic (exact) mass is 412 g/mol. The molecule has 1 unspecified atom stereocenters. The van der Waals surface area contributed by atoms with Crippen molar-refractivity contribution in [2.45, 2.75) is 76.0 Å². The molecule has 1 aliphatic rings. The lowest BCUT2D eigenvalue weighted by Crippen LogP contribution is -2.33. The van der Waals surface area contributed by atoms with Gasteiger partial charge >= 0.3 is 6.09 Å². The molecule has 1 saturated carbocycles. The second-order valence-corrected chi connectivity index (χ2v) is 10.4. The summed E-state index contributed by atoms with van der Waals surface area (Å²) < 4.78 is 30.5. The minimum absolute atomic E-state index is 0.00900. The molecule has 1 aromatic heterocycles. The molecule has 0 spiro atoms. The van der Waals surface area contributed by atoms with Crippen molar-refractivity contribution in [3.8, 4) is 0 Å². The molecule has 2 N–H and O–H groups in total. The van der Waals surface area contributed by atoms with Gasteiger partial charge in [-0.2, -0.15) is 0 Å². The van der Waals surface area contributed by atoms with Crippen LogP contribution in [0.15, 0.2) is 23.2 Å². The first-order valence-electron chi connectivity index (χ1n) is 9.91. The summed E-state index contributed by atoms with van der Waals surface area (Å²) in [7, 11) is -3.48. The molecular formula is C20H32N2O5S. The molecule has 1 fully saturated rings. The van der Waals surface area contributed by atoms with Gasteiger partial charge in [-0.3, -0.25) is 0 Å². The zero-order valence-corrected chi connectivity index (χ0v) is 17.8. The molecule has 158 valence electrons. The van der Waals surface area contributed by atoms with Crippen LogP contribution >= 0.6 is 0 Å². The number of carbonyl (C=O) groups excluding carboxylic acids is 1. The van der Waals surface area contributed by atoms with Crippen LogP contribution < -0.4 is 5.32 Å². The molecule has 0 aliphatic heterocycles. The number of hydrogen-bond acceptors (Lipinski definition) is 6. The minimum atomic E-state index is -3.48. The van der Waals surface area contributed by atoms with Crippen molar-refractivity contribution in [3.63, 3.8) is 0 Å². The molecule has 1 aromatic rings. The van der Waals surface area contributed by atoms with E-state index in [1.807, 2.05) is 0 Å². The van der Waals surface area contributed by atoms with Gasteiger partial charge in [-0.1, -0.05) is 25.3 Å². The Labute approximate surface area is 167 Å². The lowest BCUT2D eigenvalue weighted by atomic mass is 9.91. The third-order valence-corrected chi connectivity index (χ3v) is 6.45. The molecule has 0 bridgehead atoms. The number of rotatable bonds is 7. The summed E-state index contributed by atoms with van der Waals surface area (Å²) in [6, 6.07) is 4.67. The van der Waals surface area contributed by atoms with E-state index in [0.717, 1.165) is 25.7 Å². The Morgan fingerprint density at radius 1 is 1.29 bits per heavy atom. The fourth-order valence-electron chi connectivity index (χ4n) is 3.31. The van der Waals surface area contributed by atoms with Crippen molar-refractivity contribution >= 4 is 15.9 Å². The number of ether oxygens (including phenoxy) is 1. The Balaban J connectivity index is 1.93. The summed E-state index contributed by atoms with van der Waals surface area (Å²) in [5.41, 5.74) is -0.304. The van der Waals surface area contributed by atoms with Gasteiger partial charge in [0.05, 0.1) is 17.6 Å². The van der Waals surface area contributed by atoms with Crippen molar-refractivity contribution in [1.29, 1.82) is 0 Å². The lowest BCUT2D eigenvalue weighted by Gasteiger charge is -2.21. The van der Waals surface area contributed by atoms with Gasteiger partial charge in [0.2, 0.25) is 0 Å². The summed E-state index contributed by atoms with van der Waals surface area (Å²) >= 11 is 0. The van der Waals surface area contributed by atoms with Crippen LogP contribution in [0.3, 0.4) is 0 Å². The fourth-order valence-corrected chi connectivity index (χ4v) is 4.97. The largest absolute Gasteiger partial charge is 0.444 e. The van der Waals surface area contributed by atoms with Crippen LogP contribution in [0.2, 0.25) is 0 Å². The zero-order chi connectivity index (χ0) is 20.8. The van der Waals surface area contributed by atoms with E-state index in [4.69, 9.17) is 4.74 Å². The van der Waals surface area contributed by atoms with Gasteiger partial charge in [0.25, 0.3) is 0 Å². The number of pyridine rings is 1. The van der Waals surface area contributed by atoms with Crippen LogP contribution in [0.25, 0.3) is 0 Å². The van der Waals surface area contributed by atoms with Crippen LogP contribution in [0.5, 0.6) is 0 Å². The highest BCUT2D eigenvalue weighted by atomic mass is 32.2. The Morgan fingerprint density at radius 2 is 1.96 bits per heavy atom. The number of sulfone groups is 1. The van der Waals surface area contributed by atoms with Gasteiger partial charge in [0, 0.05) is 6.54 Å². The number of carbonyl (C=O) groups is 1. The highest BCUT2D eigenvalue weighted by molar-refractivity contribution is 7.91. The van der Waals surface area contributed by atoms with Gasteiger partial charge < -0.3 is 15.2 Å². The molecule has 28 heavy (non-hydrogen) atoms. The minimum Gasteiger partial charge on any atom is -0.444 e. The first kappa shape index (κ1) is 22.6. The Kier molecular flexibility index (Phi) is 7.83. The Hall–Kier alpha value is -1.67. The van der Waals surface area contributed by atoms with Crippen LogP contribution in [0, 0.1) is 5.92 Å². The molecule has 1 atom stereocenters. The van der Waals surface area contributed by atoms with Gasteiger partial charge in [0.1, 0.15) is 5.60 Å². The van der Waals surface area contributed by atoms with E-state index in [1.54, 1.807) is 32.9 Å². The van der Waals surface area contributed by atoms with E-state index in [0.29, 0.717) is 0 Å². The highest BCUT2D eigenvalue weighted by Gasteiger charge is 2.25. The van der Waals surface area contributed by atoms with E-state index in [2.05, 4.69) is 10.3 Å². The number of aliphatic hydroxyl groups is 1. The second-order valence-electron chi connectivity index (χ2n) is 8.42. The standard InChI is InChI=1S/C20H32N2O5S/c1-20(2,3)27-19(24)21-13-12-17(23)16-10-7-11-18(22-16)28(25,26)14-15-8-5-4-6-9-15/h7,10-11,15,17,23H,4-6,8-9,12-14H2,1-3H3,(H,21,24). The smallest absolute Gasteiger partial charge is 0.407 e. The van der Waals surface area contributed by atoms with Crippen LogP contribution in [0.1, 0.15) is 71.1 Å². The molecule has 2 rings (SSSR count). The van der Waals surface area contributed by atoms with Gasteiger partial charge in [-0.05, 0) is 58.1 Å². The van der Waals surface area contributed by atoms with Crippen LogP contribution in [-0.2, 0) is 14.6 Å². The summed E-state index contributed by atoms with van der Waals surface area (Å²) in [6.07, 6.45) is 3.90. The van der Waals surface area contributed by atoms with Gasteiger partial charge in [0.15, 0.2) is 14.9 Å². The van der Waals surface area contributed by atoms with Crippen LogP contribution in [-0.4, -0.2) is 42.5 Å². The maximum Gasteiger partial charge on any atom is 0.407 e. The summed E-state index contributed by atoms with van der Waals surface area (Å²) in [5, 5.41) is 12.9. The fraction of sp³-hybridized carbons (Fsp3) is 0.700. The third kappa shape index (κ3) is 7.39. The molecule has 8 heteroatoms. The van der Waals surface area contributed by atoms with Crippen molar-refractivity contribution in [2.24, 2.45) is 5.92 Å². The highest BCUT2D eigenvalue weighted by Crippen LogP contribution is 2.27. The molecule has 0 aromatic carbocycles. The van der Waals surface area contributed by atoms with Crippen molar-refractivity contribution in [3.05, 3.63) is 23.9 Å². The first-order valence-corrected chi connectivity index (χ1v) is 11.6. The average molecular weight is 413 g/mol. The van der Waals surface area contributed by atoms with Crippen molar-refractivity contribution in [2.75, 3.05) is 12.3 Å². The normalized spacial score (nSPS) is 17.1. The van der Waals surface area contributed by atoms with E-state index in [9.17, 15) is 18.3 Å². The molecule has 7 nitrogen and oxygen atoms in total. The Bertz CT molecular complexity index is 752. The summed E-state index contributed by atoms with van der Waals surface area (Å²) in [5.74, 6) is 0.298. The predicted molar refractivity (Wildman–Crippen MR) is 107 cm³/mol. The number of nitrogens with zero attached hydrogens (tertiary/aromatic N) is 1. The third-order valence-electron chi connectivity index (χ3n) is 4.67. The number of nitrogens with one attached hydrogen (secondary N) is 1. The van der Waals surface area contributed by atoms with Gasteiger partial charge in [-0.15, -0.1) is 0 Å². The molecule has 1 aliphatic carbocycles. The van der Waals surface area contributed by atoms with Crippen molar-refractivity contribution < 1.29 is 23.1 Å². The zero-order valence-electron chi connectivity index (χ0n) is 17.0. The quantitative estimate of drug-likeness (QED) is 0.711. The molecule has 0 radical (unpaired) electrons. The first-order chi connectivity index (χ1) is 13.1. The number of aromatic nitrogens is 1. The number of amides is 1. The van der Waals surface area contributed by atoms with E-state index >= 15 is 0 Å². The number of aliphatic hydroxyl groups excluding tert-OH is 1. The average Bonchev–Trinajstić information content (AvgIpc) is 2.60. The molecule has 1 heterocycles. The lowest BCUT2D eigenvalue weighted by molar-refractivity contribution is 0.0517. The summed E-state index contributed by atoms with van der Waals surface area (Å²) in [6.45, 7) is 5.50. The predicted octanol–water partition coefficient (Wildman–Crippen LogP) is 3.38. The van der Waals surface area contributed by atoms with Crippen LogP contribution in [0.4, 0.5) is 4.79 Å². The molecular weight excluding hydrogens is 380 g/mol. The number of alkyl carbamates (subject to hydrolysis) is 1. The summed E-state index contributed by atoms with van der Waals surface area (Å²) in [4.78, 5) is 15.8. The van der Waals surface area contributed by atoms with E-state index < -0.39 is 27.6 Å². The SMILES string of the molecule is CC(C)(C)OC(=O)NCCC(O)c1cccc(S(=O)(=O)CC2CCCCC2)n1. The maximum absolute atomic E-state index is 12.7. The molecule has 1 amide bonds. The van der Waals surface area contributed by atoms with Crippen molar-refractivity contribution in [1.82, 2.24) is 10.3 Å². The molecule has 0 saturated heterocycles. The second kappa shape index (κ2) is 9.69. The number of hydrogen-bond donors (Lipinski definition) is 2. The maximum atomic E-state index is 12.7. The topological polar surface area (TPSA) is 106 Å².